The first kappa shape index (κ1) is 47.3. The minimum absolute atomic E-state index is 0.00118. The molecule has 1 aliphatic rings. The van der Waals surface area contributed by atoms with Gasteiger partial charge in [-0.15, -0.1) is 0 Å². The van der Waals surface area contributed by atoms with Gasteiger partial charge in [0, 0.05) is 11.3 Å². The van der Waals surface area contributed by atoms with Gasteiger partial charge in [-0.1, -0.05) is 88.4 Å². The molecule has 5 rings (SSSR count). The number of Topliss-reactive ketones (excluding diaryl/α,β-unsaturated/α-hetero) is 1. The number of urea groups is 1. The van der Waals surface area contributed by atoms with E-state index in [0.29, 0.717) is 27.1 Å². The van der Waals surface area contributed by atoms with Gasteiger partial charge >= 0.3 is 6.03 Å². The molecule has 0 radical (unpaired) electrons. The molecule has 0 saturated carbocycles. The molecule has 62 heavy (non-hydrogen) atoms. The van der Waals surface area contributed by atoms with Crippen molar-refractivity contribution in [3.63, 3.8) is 0 Å². The van der Waals surface area contributed by atoms with Crippen molar-refractivity contribution in [3.05, 3.63) is 113 Å². The normalized spacial score (nSPS) is 14.6. The number of ether oxygens (including phenoxy) is 2. The maximum atomic E-state index is 14.4. The van der Waals surface area contributed by atoms with E-state index in [2.05, 4.69) is 30.5 Å². The van der Waals surface area contributed by atoms with E-state index >= 15 is 0 Å². The largest absolute Gasteiger partial charge is 0.497 e. The first-order valence-electron chi connectivity index (χ1n) is 20.9. The summed E-state index contributed by atoms with van der Waals surface area (Å²) < 4.78 is 39.7. The lowest BCUT2D eigenvalue weighted by Gasteiger charge is -2.26. The lowest BCUT2D eigenvalue weighted by molar-refractivity contribution is -0.135. The van der Waals surface area contributed by atoms with E-state index in [9.17, 15) is 32.4 Å². The number of unbranched alkanes of at least 4 members (excludes halogenated alkanes) is 4. The van der Waals surface area contributed by atoms with E-state index < -0.39 is 57.2 Å². The number of rotatable bonds is 21. The molecule has 1 aliphatic heterocycles. The number of ketones is 1. The molecule has 0 aliphatic carbocycles. The average molecular weight is 887 g/mol. The predicted molar refractivity (Wildman–Crippen MR) is 239 cm³/mol. The van der Waals surface area contributed by atoms with Gasteiger partial charge in [-0.3, -0.25) is 19.2 Å². The van der Waals surface area contributed by atoms with Crippen LogP contribution in [0.15, 0.2) is 95.9 Å². The lowest BCUT2D eigenvalue weighted by Crippen LogP contribution is -2.53. The highest BCUT2D eigenvalue weighted by Crippen LogP contribution is 2.36. The summed E-state index contributed by atoms with van der Waals surface area (Å²) >= 11 is 6.56. The van der Waals surface area contributed by atoms with Gasteiger partial charge in [-0.2, -0.15) is 0 Å². The summed E-state index contributed by atoms with van der Waals surface area (Å²) in [5.74, 6) is -2.70. The monoisotopic (exact) mass is 886 g/mol. The van der Waals surface area contributed by atoms with Crippen LogP contribution in [0.3, 0.4) is 0 Å². The zero-order valence-corrected chi connectivity index (χ0v) is 37.6. The molecular formula is C47H55ClN4O9S. The fraction of sp³-hybridized carbons (Fsp3) is 0.383. The predicted octanol–water partition coefficient (Wildman–Crippen LogP) is 9.23. The molecule has 4 aromatic carbocycles. The minimum atomic E-state index is -4.66. The maximum Gasteiger partial charge on any atom is 0.342 e. The van der Waals surface area contributed by atoms with E-state index in [1.54, 1.807) is 6.07 Å². The molecule has 2 unspecified atom stereocenters. The molecule has 13 nitrogen and oxygen atoms in total. The van der Waals surface area contributed by atoms with Crippen LogP contribution in [0.2, 0.25) is 5.02 Å². The summed E-state index contributed by atoms with van der Waals surface area (Å²) in [6.45, 7) is 8.59. The van der Waals surface area contributed by atoms with Gasteiger partial charge in [-0.05, 0) is 118 Å². The van der Waals surface area contributed by atoms with Gasteiger partial charge < -0.3 is 20.1 Å². The van der Waals surface area contributed by atoms with Gasteiger partial charge in [0.25, 0.3) is 27.7 Å². The van der Waals surface area contributed by atoms with Crippen molar-refractivity contribution < 1.29 is 41.9 Å². The third-order valence-corrected chi connectivity index (χ3v) is 13.0. The SMILES string of the molecule is CCCCCc1ccc(OC(CC)C(=O)Nc2ccc(Cl)c(NC(=O)C(C(=O)c3ccc(OC)cc3)N3C(=O)N(S(=O)(=O)c4ccccc4)C(C)(C)C3=O)c2)c(CCCCC)c1. The van der Waals surface area contributed by atoms with E-state index in [4.69, 9.17) is 21.1 Å². The van der Waals surface area contributed by atoms with Crippen LogP contribution in [-0.4, -0.2) is 72.0 Å². The van der Waals surface area contributed by atoms with Crippen molar-refractivity contribution in [1.82, 2.24) is 9.21 Å². The summed E-state index contributed by atoms with van der Waals surface area (Å²) in [6.07, 6.45) is 7.75. The van der Waals surface area contributed by atoms with Crippen LogP contribution in [-0.2, 0) is 37.2 Å². The number of nitrogens with zero attached hydrogens (tertiary/aromatic N) is 2. The molecular weight excluding hydrogens is 832 g/mol. The second-order valence-electron chi connectivity index (χ2n) is 15.6. The summed E-state index contributed by atoms with van der Waals surface area (Å²) in [5.41, 5.74) is 0.310. The lowest BCUT2D eigenvalue weighted by atomic mass is 10.00. The van der Waals surface area contributed by atoms with Gasteiger partial charge in [0.15, 0.2) is 17.9 Å². The molecule has 1 heterocycles. The van der Waals surface area contributed by atoms with Crippen LogP contribution >= 0.6 is 11.6 Å². The Kier molecular flexibility index (Phi) is 15.9. The van der Waals surface area contributed by atoms with E-state index in [0.717, 1.165) is 56.9 Å². The van der Waals surface area contributed by atoms with Crippen LogP contribution in [0.1, 0.15) is 101 Å². The smallest absolute Gasteiger partial charge is 0.342 e. The number of amides is 5. The van der Waals surface area contributed by atoms with Crippen molar-refractivity contribution in [3.8, 4) is 11.5 Å². The Bertz CT molecular complexity index is 2370. The number of benzene rings is 4. The number of anilines is 2. The topological polar surface area (TPSA) is 168 Å². The molecule has 4 aromatic rings. The second-order valence-corrected chi connectivity index (χ2v) is 17.8. The Hall–Kier alpha value is -5.73. The van der Waals surface area contributed by atoms with Gasteiger partial charge in [-0.25, -0.2) is 22.4 Å². The molecule has 15 heteroatoms. The number of hydrogen-bond donors (Lipinski definition) is 2. The Morgan fingerprint density at radius 2 is 1.45 bits per heavy atom. The van der Waals surface area contributed by atoms with E-state index in [1.807, 2.05) is 19.1 Å². The van der Waals surface area contributed by atoms with Crippen LogP contribution in [0.4, 0.5) is 16.2 Å². The summed E-state index contributed by atoms with van der Waals surface area (Å²) in [7, 11) is -3.23. The number of imide groups is 1. The molecule has 0 bridgehead atoms. The molecule has 2 N–H and O–H groups in total. The van der Waals surface area contributed by atoms with Crippen LogP contribution in [0.5, 0.6) is 11.5 Å². The van der Waals surface area contributed by atoms with Crippen molar-refractivity contribution in [2.45, 2.75) is 115 Å². The molecule has 1 saturated heterocycles. The number of aryl methyl sites for hydroxylation is 2. The molecule has 330 valence electrons. The first-order valence-corrected chi connectivity index (χ1v) is 22.8. The Morgan fingerprint density at radius 3 is 2.08 bits per heavy atom. The molecule has 1 fully saturated rings. The highest BCUT2D eigenvalue weighted by atomic mass is 35.5. The zero-order valence-electron chi connectivity index (χ0n) is 36.0. The van der Waals surface area contributed by atoms with Crippen molar-refractivity contribution in [2.75, 3.05) is 17.7 Å². The van der Waals surface area contributed by atoms with Crippen molar-refractivity contribution in [2.24, 2.45) is 0 Å². The number of carbonyl (C=O) groups is 5. The maximum absolute atomic E-state index is 14.4. The molecule has 2 atom stereocenters. The highest BCUT2D eigenvalue weighted by Gasteiger charge is 2.61. The Labute approximate surface area is 369 Å². The van der Waals surface area contributed by atoms with Crippen molar-refractivity contribution >= 4 is 62.5 Å². The third-order valence-electron chi connectivity index (χ3n) is 10.7. The first-order chi connectivity index (χ1) is 29.6. The summed E-state index contributed by atoms with van der Waals surface area (Å²) in [5, 5.41) is 5.39. The molecule has 0 aromatic heterocycles. The van der Waals surface area contributed by atoms with Crippen molar-refractivity contribution in [1.29, 1.82) is 0 Å². The number of hydrogen-bond acceptors (Lipinski definition) is 9. The summed E-state index contributed by atoms with van der Waals surface area (Å²) in [6, 6.07) is 19.5. The fourth-order valence-electron chi connectivity index (χ4n) is 7.24. The van der Waals surface area contributed by atoms with Gasteiger partial charge in [0.2, 0.25) is 0 Å². The van der Waals surface area contributed by atoms with E-state index in [-0.39, 0.29) is 26.9 Å². The van der Waals surface area contributed by atoms with Gasteiger partial charge in [0.05, 0.1) is 22.7 Å². The number of methoxy groups -OCH3 is 1. The van der Waals surface area contributed by atoms with Crippen LogP contribution < -0.4 is 20.1 Å². The zero-order chi connectivity index (χ0) is 45.2. The average Bonchev–Trinajstić information content (AvgIpc) is 3.44. The Morgan fingerprint density at radius 1 is 0.790 bits per heavy atom. The van der Waals surface area contributed by atoms with E-state index in [1.165, 1.54) is 93.3 Å². The number of carbonyl (C=O) groups excluding carboxylic acids is 5. The molecule has 5 amide bonds. The van der Waals surface area contributed by atoms with Crippen LogP contribution in [0, 0.1) is 0 Å². The standard InChI is InChI=1S/C47H55ClN4O9S/c1-7-10-13-17-31-21-28-40(33(29-31)18-14-11-8-2)61-39(9-3)43(54)49-34-24-27-37(48)38(30-34)50-44(55)41(42(53)32-22-25-35(60-6)26-23-32)51-45(56)47(4,5)52(46(51)57)62(58,59)36-19-15-12-16-20-36/h12,15-16,19-30,39,41H,7-11,13-14,17-18H2,1-6H3,(H,49,54)(H,50,55). The number of nitrogens with one attached hydrogen (secondary N) is 2. The third kappa shape index (κ3) is 10.6. The summed E-state index contributed by atoms with van der Waals surface area (Å²) in [4.78, 5) is 70.9. The highest BCUT2D eigenvalue weighted by molar-refractivity contribution is 7.89. The number of sulfonamides is 1. The quantitative estimate of drug-likeness (QED) is 0.0359. The fourth-order valence-corrected chi connectivity index (χ4v) is 9.09. The minimum Gasteiger partial charge on any atom is -0.497 e. The van der Waals surface area contributed by atoms with Crippen LogP contribution in [0.25, 0.3) is 0 Å². The second kappa shape index (κ2) is 20.9. The number of halogens is 1. The molecule has 0 spiro atoms. The van der Waals surface area contributed by atoms with Gasteiger partial charge in [0.1, 0.15) is 17.0 Å². The Balaban J connectivity index is 1.43.